The number of benzene rings is 1. The van der Waals surface area contributed by atoms with Gasteiger partial charge in [0.15, 0.2) is 15.4 Å². The number of nitrogens with two attached hydrogens (primary N) is 1. The first-order chi connectivity index (χ1) is 41.6. The summed E-state index contributed by atoms with van der Waals surface area (Å²) in [7, 11) is 0. The molecular formula is C63H93ClN14O6S3. The van der Waals surface area contributed by atoms with E-state index >= 15 is 0 Å². The SMILES string of the molecule is C=CC(=O)Nc1ccc(C(=O)O)cc1.CC(C)(C)c1cnc(CCl)o1.CC(C)(C)c1cnc(CNCc2cnc(NC3CCCCC3)s2)o1.CC(C)(C)c1cnc(CNCc2cnc(N[C@@H]3CCCNC3)s2)o1.NCc1cnc(NC2CCCCC2)s1. The second-order valence-electron chi connectivity index (χ2n) is 24.8. The van der Waals surface area contributed by atoms with Crippen molar-refractivity contribution in [2.45, 2.75) is 212 Å². The summed E-state index contributed by atoms with van der Waals surface area (Å²) in [6.07, 6.45) is 28.0. The fourth-order valence-electron chi connectivity index (χ4n) is 9.04. The van der Waals surface area contributed by atoms with Crippen molar-refractivity contribution in [3.8, 4) is 0 Å². The number of halogens is 1. The number of carboxylic acid groups (broad SMARTS) is 1. The molecule has 2 saturated carbocycles. The third kappa shape index (κ3) is 25.5. The number of amides is 1. The van der Waals surface area contributed by atoms with Crippen LogP contribution < -0.4 is 43.0 Å². The van der Waals surface area contributed by atoms with E-state index in [0.717, 1.165) is 81.6 Å². The minimum atomic E-state index is -0.994. The predicted molar refractivity (Wildman–Crippen MR) is 353 cm³/mol. The number of nitrogens with one attached hydrogen (secondary N) is 7. The van der Waals surface area contributed by atoms with Crippen LogP contribution >= 0.6 is 45.6 Å². The van der Waals surface area contributed by atoms with Crippen LogP contribution in [-0.2, 0) is 59.6 Å². The Morgan fingerprint density at radius 3 is 1.38 bits per heavy atom. The lowest BCUT2D eigenvalue weighted by Gasteiger charge is -2.23. The summed E-state index contributed by atoms with van der Waals surface area (Å²) in [6.45, 7) is 27.9. The molecule has 7 heterocycles. The summed E-state index contributed by atoms with van der Waals surface area (Å²) < 4.78 is 16.9. The number of alkyl halides is 1. The van der Waals surface area contributed by atoms with Crippen LogP contribution in [0, 0.1) is 0 Å². The van der Waals surface area contributed by atoms with Gasteiger partial charge in [0.25, 0.3) is 0 Å². The Hall–Kier alpha value is -6.05. The van der Waals surface area contributed by atoms with Crippen LogP contribution in [0.4, 0.5) is 21.1 Å². The molecule has 24 heteroatoms. The lowest BCUT2D eigenvalue weighted by molar-refractivity contribution is -0.111. The Morgan fingerprint density at radius 2 is 1.01 bits per heavy atom. The molecule has 0 radical (unpaired) electrons. The fraction of sp³-hybridized carbons (Fsp3) is 0.556. The van der Waals surface area contributed by atoms with Crippen molar-refractivity contribution in [2.75, 3.05) is 34.4 Å². The van der Waals surface area contributed by atoms with Crippen LogP contribution in [0.1, 0.15) is 199 Å². The molecule has 1 saturated heterocycles. The van der Waals surface area contributed by atoms with Gasteiger partial charge < -0.3 is 61.3 Å². The van der Waals surface area contributed by atoms with Gasteiger partial charge >= 0.3 is 5.97 Å². The quantitative estimate of drug-likeness (QED) is 0.0269. The minimum Gasteiger partial charge on any atom is -0.478 e. The van der Waals surface area contributed by atoms with E-state index in [2.05, 4.69) is 136 Å². The lowest BCUT2D eigenvalue weighted by Crippen LogP contribution is -2.38. The number of carbonyl (C=O) groups excluding carboxylic acids is 1. The Bertz CT molecular complexity index is 2980. The van der Waals surface area contributed by atoms with Gasteiger partial charge in [0.05, 0.1) is 43.1 Å². The van der Waals surface area contributed by atoms with Gasteiger partial charge in [-0.2, -0.15) is 0 Å². The summed E-state index contributed by atoms with van der Waals surface area (Å²) in [5.41, 5.74) is 6.29. The van der Waals surface area contributed by atoms with E-state index in [0.29, 0.717) is 55.2 Å². The van der Waals surface area contributed by atoms with E-state index in [-0.39, 0.29) is 27.7 Å². The molecule has 0 bridgehead atoms. The first-order valence-electron chi connectivity index (χ1n) is 30.2. The van der Waals surface area contributed by atoms with Gasteiger partial charge in [0.1, 0.15) is 17.3 Å². The highest BCUT2D eigenvalue weighted by Gasteiger charge is 2.22. The van der Waals surface area contributed by atoms with Crippen LogP contribution in [0.5, 0.6) is 0 Å². The van der Waals surface area contributed by atoms with Gasteiger partial charge in [-0.25, -0.2) is 34.7 Å². The topological polar surface area (TPSA) is 281 Å². The molecule has 1 aliphatic heterocycles. The number of nitrogens with zero attached hydrogens (tertiary/aromatic N) is 6. The summed E-state index contributed by atoms with van der Waals surface area (Å²) in [6, 6.07) is 7.61. The molecule has 476 valence electrons. The molecular weight excluding hydrogens is 1180 g/mol. The van der Waals surface area contributed by atoms with E-state index < -0.39 is 5.97 Å². The predicted octanol–water partition coefficient (Wildman–Crippen LogP) is 13.9. The molecule has 10 N–H and O–H groups in total. The summed E-state index contributed by atoms with van der Waals surface area (Å²) in [5, 5.41) is 35.0. The third-order valence-corrected chi connectivity index (χ3v) is 17.1. The average Bonchev–Trinajstić information content (AvgIpc) is 4.52. The lowest BCUT2D eigenvalue weighted by atomic mass is 9.94. The van der Waals surface area contributed by atoms with E-state index in [1.165, 1.54) is 111 Å². The van der Waals surface area contributed by atoms with Gasteiger partial charge in [-0.1, -0.05) is 107 Å². The summed E-state index contributed by atoms with van der Waals surface area (Å²) in [5.74, 6) is 3.82. The zero-order valence-electron chi connectivity index (χ0n) is 52.3. The van der Waals surface area contributed by atoms with E-state index in [9.17, 15) is 9.59 Å². The number of hydrogen-bond donors (Lipinski definition) is 9. The molecule has 1 atom stereocenters. The molecule has 3 fully saturated rings. The Labute approximate surface area is 531 Å². The zero-order chi connectivity index (χ0) is 62.8. The maximum absolute atomic E-state index is 10.9. The van der Waals surface area contributed by atoms with Crippen LogP contribution in [0.2, 0.25) is 0 Å². The molecule has 6 aromatic heterocycles. The largest absolute Gasteiger partial charge is 0.478 e. The van der Waals surface area contributed by atoms with Crippen molar-refractivity contribution >= 4 is 78.6 Å². The molecule has 1 aromatic carbocycles. The second kappa shape index (κ2) is 35.2. The van der Waals surface area contributed by atoms with Crippen molar-refractivity contribution in [3.63, 3.8) is 0 Å². The zero-order valence-corrected chi connectivity index (χ0v) is 55.5. The van der Waals surface area contributed by atoms with Gasteiger partial charge in [-0.3, -0.25) is 4.79 Å². The molecule has 3 aliphatic rings. The van der Waals surface area contributed by atoms with Crippen molar-refractivity contribution < 1.29 is 27.9 Å². The number of piperidine rings is 1. The molecule has 7 aromatic rings. The number of aromatic nitrogens is 6. The Morgan fingerprint density at radius 1 is 0.598 bits per heavy atom. The standard InChI is InChI=1S/C18H28N4OS.C17H27N5OS.C10H17N3S.C10H9NO3.C8H12ClNO/c1-18(2,3)15-11-20-16(23-15)12-19-9-14-10-21-17(24-14)22-13-7-5-4-6-8-13;1-17(2,3)14-10-20-15(23-14)11-19-8-13-9-21-16(24-13)22-12-5-4-6-18-7-12;11-6-9-7-12-10(14-9)13-8-4-2-1-3-5-8;1-2-9(12)11-8-5-3-7(4-6-8)10(13)14;1-8(2,3)6-5-10-7(4-9)11-6/h10-11,13,19H,4-9,12H2,1-3H3,(H,21,22);9-10,12,18-19H,4-8,11H2,1-3H3,(H,21,22);7-8H,1-6,11H2,(H,12,13);2-6H,1H2,(H,11,12)(H,13,14);5H,4H2,1-3H3/t;12-;;;/m.1.../s1. The molecule has 87 heavy (non-hydrogen) atoms. The highest BCUT2D eigenvalue weighted by atomic mass is 35.5. The van der Waals surface area contributed by atoms with Crippen LogP contribution in [-0.4, -0.2) is 78.1 Å². The van der Waals surface area contributed by atoms with Crippen LogP contribution in [0.25, 0.3) is 0 Å². The Balaban J connectivity index is 0.000000180. The van der Waals surface area contributed by atoms with Gasteiger partial charge in [-0.15, -0.1) is 45.6 Å². The van der Waals surface area contributed by atoms with Crippen LogP contribution in [0.3, 0.4) is 0 Å². The maximum Gasteiger partial charge on any atom is 0.335 e. The number of thiazole rings is 3. The number of rotatable bonds is 19. The molecule has 0 spiro atoms. The van der Waals surface area contributed by atoms with Gasteiger partial charge in [0.2, 0.25) is 23.6 Å². The van der Waals surface area contributed by atoms with Crippen LogP contribution in [0.15, 0.2) is 87.4 Å². The molecule has 10 rings (SSSR count). The average molecular weight is 1270 g/mol. The number of anilines is 4. The molecule has 2 aliphatic carbocycles. The van der Waals surface area contributed by atoms with Crippen molar-refractivity contribution in [3.05, 3.63) is 129 Å². The number of oxazole rings is 3. The number of carbonyl (C=O) groups is 2. The summed E-state index contributed by atoms with van der Waals surface area (Å²) >= 11 is 10.7. The van der Waals surface area contributed by atoms with Crippen molar-refractivity contribution in [1.82, 2.24) is 45.9 Å². The fourth-order valence-corrected chi connectivity index (χ4v) is 11.7. The van der Waals surface area contributed by atoms with E-state index in [1.54, 1.807) is 40.2 Å². The van der Waals surface area contributed by atoms with Gasteiger partial charge in [0, 0.05) is 99.5 Å². The Kier molecular flexibility index (Phi) is 28.4. The number of hydrogen-bond acceptors (Lipinski definition) is 21. The molecule has 20 nitrogen and oxygen atoms in total. The molecule has 0 unspecified atom stereocenters. The smallest absolute Gasteiger partial charge is 0.335 e. The van der Waals surface area contributed by atoms with E-state index in [4.69, 9.17) is 35.7 Å². The van der Waals surface area contributed by atoms with Crippen molar-refractivity contribution in [2.24, 2.45) is 5.73 Å². The van der Waals surface area contributed by atoms with Crippen molar-refractivity contribution in [1.29, 1.82) is 0 Å². The normalized spacial score (nSPS) is 15.6. The summed E-state index contributed by atoms with van der Waals surface area (Å²) in [4.78, 5) is 50.9. The maximum atomic E-state index is 10.9. The first kappa shape index (κ1) is 70.0. The second-order valence-corrected chi connectivity index (χ2v) is 28.4. The highest BCUT2D eigenvalue weighted by molar-refractivity contribution is 7.16. The van der Waals surface area contributed by atoms with E-state index in [1.807, 2.05) is 31.0 Å². The van der Waals surface area contributed by atoms with Gasteiger partial charge in [-0.05, 0) is 75.4 Å². The highest BCUT2D eigenvalue weighted by Crippen LogP contribution is 2.29. The minimum absolute atomic E-state index is 0.00251. The third-order valence-electron chi connectivity index (χ3n) is 14.1. The monoisotopic (exact) mass is 1270 g/mol. The number of carboxylic acids is 1. The first-order valence-corrected chi connectivity index (χ1v) is 33.2. The molecule has 1 amide bonds. The number of aromatic carboxylic acids is 1.